The van der Waals surface area contributed by atoms with Crippen molar-refractivity contribution >= 4 is 0 Å². The molecule has 2 rings (SSSR count). The van der Waals surface area contributed by atoms with Crippen LogP contribution in [-0.2, 0) is 0 Å². The Hall–Kier alpha value is -0.560. The summed E-state index contributed by atoms with van der Waals surface area (Å²) in [7, 11) is 0. The lowest BCUT2D eigenvalue weighted by Crippen LogP contribution is -2.32. The molecule has 0 bridgehead atoms. The quantitative estimate of drug-likeness (QED) is 0.605. The molecule has 0 aliphatic heterocycles. The van der Waals surface area contributed by atoms with E-state index in [-0.39, 0.29) is 11.5 Å². The predicted molar refractivity (Wildman–Crippen MR) is 45.1 cm³/mol. The van der Waals surface area contributed by atoms with Gasteiger partial charge in [-0.2, -0.15) is 0 Å². The molecule has 0 amide bonds. The lowest BCUT2D eigenvalue weighted by Gasteiger charge is -2.31. The van der Waals surface area contributed by atoms with Crippen molar-refractivity contribution in [2.75, 3.05) is 0 Å². The van der Waals surface area contributed by atoms with Gasteiger partial charge >= 0.3 is 0 Å². The highest BCUT2D eigenvalue weighted by Crippen LogP contribution is 2.49. The lowest BCUT2D eigenvalue weighted by atomic mass is 9.77. The van der Waals surface area contributed by atoms with Gasteiger partial charge in [0, 0.05) is 5.41 Å². The summed E-state index contributed by atoms with van der Waals surface area (Å²) in [5.41, 5.74) is 0.0365. The highest BCUT2D eigenvalue weighted by Gasteiger charge is 2.44. The summed E-state index contributed by atoms with van der Waals surface area (Å²) in [6, 6.07) is 0. The second-order valence-corrected chi connectivity index (χ2v) is 3.83. The molecular weight excluding hydrogens is 136 g/mol. The highest BCUT2D eigenvalue weighted by atomic mass is 16.3. The van der Waals surface area contributed by atoms with Gasteiger partial charge in [-0.05, 0) is 18.8 Å². The second kappa shape index (κ2) is 2.21. The van der Waals surface area contributed by atoms with Crippen LogP contribution < -0.4 is 0 Å². The van der Waals surface area contributed by atoms with Crippen molar-refractivity contribution in [1.82, 2.24) is 0 Å². The van der Waals surface area contributed by atoms with E-state index in [1.807, 2.05) is 18.2 Å². The van der Waals surface area contributed by atoms with E-state index in [0.29, 0.717) is 0 Å². The number of hydrogen-bond acceptors (Lipinski definition) is 1. The van der Waals surface area contributed by atoms with E-state index in [9.17, 15) is 5.11 Å². The molecule has 1 N–H and O–H groups in total. The number of rotatable bonds is 1. The number of hydrogen-bond donors (Lipinski definition) is 1. The summed E-state index contributed by atoms with van der Waals surface area (Å²) >= 11 is 0. The average Bonchev–Trinajstić information content (AvgIpc) is 2.77. The van der Waals surface area contributed by atoms with Crippen molar-refractivity contribution in [2.45, 2.75) is 25.9 Å². The van der Waals surface area contributed by atoms with E-state index in [0.717, 1.165) is 5.92 Å². The first-order valence-corrected chi connectivity index (χ1v) is 4.27. The van der Waals surface area contributed by atoms with Gasteiger partial charge in [0.15, 0.2) is 0 Å². The largest absolute Gasteiger partial charge is 0.388 e. The molecule has 0 spiro atoms. The van der Waals surface area contributed by atoms with Gasteiger partial charge in [0.1, 0.15) is 0 Å². The van der Waals surface area contributed by atoms with Gasteiger partial charge in [-0.3, -0.25) is 0 Å². The smallest absolute Gasteiger partial charge is 0.0814 e. The fraction of sp³-hybridized carbons (Fsp3) is 0.600. The van der Waals surface area contributed by atoms with Gasteiger partial charge in [-0.1, -0.05) is 31.2 Å². The monoisotopic (exact) mass is 150 g/mol. The van der Waals surface area contributed by atoms with Crippen molar-refractivity contribution in [3.63, 3.8) is 0 Å². The van der Waals surface area contributed by atoms with Gasteiger partial charge in [0.2, 0.25) is 0 Å². The van der Waals surface area contributed by atoms with Gasteiger partial charge in [0.25, 0.3) is 0 Å². The maximum atomic E-state index is 9.70. The van der Waals surface area contributed by atoms with Crippen LogP contribution in [0.4, 0.5) is 0 Å². The molecule has 1 fully saturated rings. The van der Waals surface area contributed by atoms with Gasteiger partial charge < -0.3 is 5.11 Å². The van der Waals surface area contributed by atoms with Crippen LogP contribution in [-0.4, -0.2) is 11.2 Å². The fourth-order valence-electron chi connectivity index (χ4n) is 1.82. The van der Waals surface area contributed by atoms with Crippen LogP contribution >= 0.6 is 0 Å². The van der Waals surface area contributed by atoms with Crippen LogP contribution in [0.15, 0.2) is 24.3 Å². The van der Waals surface area contributed by atoms with Crippen LogP contribution in [0.25, 0.3) is 0 Å². The van der Waals surface area contributed by atoms with Gasteiger partial charge in [-0.15, -0.1) is 0 Å². The van der Waals surface area contributed by atoms with Gasteiger partial charge in [0.05, 0.1) is 6.10 Å². The highest BCUT2D eigenvalue weighted by molar-refractivity contribution is 5.22. The average molecular weight is 150 g/mol. The van der Waals surface area contributed by atoms with E-state index in [4.69, 9.17) is 0 Å². The third kappa shape index (κ3) is 1.04. The van der Waals surface area contributed by atoms with Crippen LogP contribution in [0.5, 0.6) is 0 Å². The Balaban J connectivity index is 2.22. The van der Waals surface area contributed by atoms with Crippen LogP contribution in [0.2, 0.25) is 0 Å². The molecule has 0 radical (unpaired) electrons. The van der Waals surface area contributed by atoms with E-state index in [2.05, 4.69) is 13.0 Å². The molecule has 0 aromatic heterocycles. The molecule has 1 nitrogen and oxygen atoms in total. The Bertz CT molecular complexity index is 213. The Morgan fingerprint density at radius 1 is 1.36 bits per heavy atom. The van der Waals surface area contributed by atoms with E-state index >= 15 is 0 Å². The molecule has 2 aliphatic rings. The van der Waals surface area contributed by atoms with Crippen molar-refractivity contribution in [3.8, 4) is 0 Å². The topological polar surface area (TPSA) is 20.2 Å². The Morgan fingerprint density at radius 2 is 2.09 bits per heavy atom. The van der Waals surface area contributed by atoms with Crippen molar-refractivity contribution < 1.29 is 5.11 Å². The van der Waals surface area contributed by atoms with Gasteiger partial charge in [-0.25, -0.2) is 0 Å². The Morgan fingerprint density at radius 3 is 2.64 bits per heavy atom. The zero-order chi connectivity index (χ0) is 7.90. The lowest BCUT2D eigenvalue weighted by molar-refractivity contribution is 0.0940. The van der Waals surface area contributed by atoms with Crippen LogP contribution in [0.3, 0.4) is 0 Å². The predicted octanol–water partition coefficient (Wildman–Crippen LogP) is 1.89. The minimum absolute atomic E-state index is 0.0365. The first-order chi connectivity index (χ1) is 5.23. The molecule has 11 heavy (non-hydrogen) atoms. The molecule has 0 saturated heterocycles. The minimum Gasteiger partial charge on any atom is -0.388 e. The van der Waals surface area contributed by atoms with Crippen molar-refractivity contribution in [2.24, 2.45) is 11.3 Å². The van der Waals surface area contributed by atoms with E-state index < -0.39 is 0 Å². The molecule has 60 valence electrons. The van der Waals surface area contributed by atoms with E-state index in [1.165, 1.54) is 12.8 Å². The summed E-state index contributed by atoms with van der Waals surface area (Å²) in [4.78, 5) is 0. The zero-order valence-corrected chi connectivity index (χ0v) is 6.83. The standard InChI is InChI=1S/C10H14O/c1-10(8-5-6-8)7-3-2-4-9(10)11/h2-4,7-9,11H,5-6H2,1H3. The van der Waals surface area contributed by atoms with E-state index in [1.54, 1.807) is 0 Å². The maximum absolute atomic E-state index is 9.70. The first kappa shape index (κ1) is 7.11. The number of aliphatic hydroxyl groups excluding tert-OH is 1. The molecule has 2 aliphatic carbocycles. The fourth-order valence-corrected chi connectivity index (χ4v) is 1.82. The normalized spacial score (nSPS) is 42.9. The molecule has 2 unspecified atom stereocenters. The molecule has 0 heterocycles. The molecule has 1 saturated carbocycles. The maximum Gasteiger partial charge on any atom is 0.0814 e. The summed E-state index contributed by atoms with van der Waals surface area (Å²) in [6.07, 6.45) is 10.3. The molecular formula is C10H14O. The minimum atomic E-state index is -0.264. The molecule has 1 heteroatoms. The molecule has 2 atom stereocenters. The Labute approximate surface area is 67.4 Å². The van der Waals surface area contributed by atoms with Crippen molar-refractivity contribution in [1.29, 1.82) is 0 Å². The summed E-state index contributed by atoms with van der Waals surface area (Å²) in [5.74, 6) is 0.721. The first-order valence-electron chi connectivity index (χ1n) is 4.27. The Kier molecular flexibility index (Phi) is 1.43. The number of aliphatic hydroxyl groups is 1. The summed E-state index contributed by atoms with van der Waals surface area (Å²) < 4.78 is 0. The molecule has 0 aromatic rings. The van der Waals surface area contributed by atoms with Crippen molar-refractivity contribution in [3.05, 3.63) is 24.3 Å². The zero-order valence-electron chi connectivity index (χ0n) is 6.83. The number of allylic oxidation sites excluding steroid dienone is 2. The summed E-state index contributed by atoms with van der Waals surface area (Å²) in [6.45, 7) is 2.15. The molecule has 0 aromatic carbocycles. The van der Waals surface area contributed by atoms with Crippen LogP contribution in [0.1, 0.15) is 19.8 Å². The second-order valence-electron chi connectivity index (χ2n) is 3.83. The SMILES string of the molecule is CC1(C2CC2)C=CC=CC1O. The summed E-state index contributed by atoms with van der Waals surface area (Å²) in [5, 5.41) is 9.70. The third-order valence-electron chi connectivity index (χ3n) is 2.95. The third-order valence-corrected chi connectivity index (χ3v) is 2.95. The van der Waals surface area contributed by atoms with Crippen LogP contribution in [0, 0.1) is 11.3 Å².